The third-order valence-electron chi connectivity index (χ3n) is 2.95. The van der Waals surface area contributed by atoms with Gasteiger partial charge in [-0.15, -0.1) is 0 Å². The van der Waals surface area contributed by atoms with Crippen LogP contribution in [-0.2, 0) is 10.0 Å². The molecule has 2 heterocycles. The van der Waals surface area contributed by atoms with Gasteiger partial charge in [0.25, 0.3) is 0 Å². The summed E-state index contributed by atoms with van der Waals surface area (Å²) in [4.78, 5) is 0. The van der Waals surface area contributed by atoms with Crippen molar-refractivity contribution in [3.8, 4) is 6.07 Å². The monoisotopic (exact) mass is 200 g/mol. The van der Waals surface area contributed by atoms with E-state index in [0.717, 1.165) is 25.7 Å². The van der Waals surface area contributed by atoms with Crippen LogP contribution in [0.4, 0.5) is 0 Å². The molecule has 0 aromatic carbocycles. The van der Waals surface area contributed by atoms with E-state index in [1.807, 2.05) is 0 Å². The number of sulfonamides is 1. The van der Waals surface area contributed by atoms with Crippen molar-refractivity contribution in [2.45, 2.75) is 37.8 Å². The van der Waals surface area contributed by atoms with Gasteiger partial charge < -0.3 is 0 Å². The highest BCUT2D eigenvalue weighted by Gasteiger charge is 2.45. The number of nitriles is 1. The van der Waals surface area contributed by atoms with E-state index < -0.39 is 10.0 Å². The quantitative estimate of drug-likeness (QED) is 0.651. The predicted octanol–water partition coefficient (Wildman–Crippen LogP) is 0.467. The molecule has 2 aliphatic rings. The van der Waals surface area contributed by atoms with Gasteiger partial charge in [-0.3, -0.25) is 0 Å². The second-order valence-corrected chi connectivity index (χ2v) is 5.58. The van der Waals surface area contributed by atoms with E-state index in [1.54, 1.807) is 10.4 Å². The molecule has 0 unspecified atom stereocenters. The third-order valence-corrected chi connectivity index (χ3v) is 4.69. The van der Waals surface area contributed by atoms with Crippen LogP contribution in [0.1, 0.15) is 25.7 Å². The number of fused-ring (bicyclic) bond motifs is 2. The third kappa shape index (κ3) is 1.34. The van der Waals surface area contributed by atoms with Crippen LogP contribution < -0.4 is 0 Å². The summed E-state index contributed by atoms with van der Waals surface area (Å²) in [6, 6.07) is 2.12. The van der Waals surface area contributed by atoms with E-state index in [1.165, 1.54) is 0 Å². The smallest absolute Gasteiger partial charge is 0.211 e. The summed E-state index contributed by atoms with van der Waals surface area (Å²) in [6.07, 6.45) is 3.93. The van der Waals surface area contributed by atoms with Gasteiger partial charge in [-0.25, -0.2) is 8.42 Å². The zero-order chi connectivity index (χ0) is 9.47. The van der Waals surface area contributed by atoms with Crippen molar-refractivity contribution in [2.75, 3.05) is 5.75 Å². The highest BCUT2D eigenvalue weighted by Crippen LogP contribution is 2.39. The summed E-state index contributed by atoms with van der Waals surface area (Å²) >= 11 is 0. The van der Waals surface area contributed by atoms with Crippen LogP contribution in [0, 0.1) is 11.3 Å². The second kappa shape index (κ2) is 2.96. The minimum Gasteiger partial charge on any atom is -0.211 e. The van der Waals surface area contributed by atoms with Gasteiger partial charge in [0.15, 0.2) is 5.75 Å². The fourth-order valence-corrected chi connectivity index (χ4v) is 4.12. The lowest BCUT2D eigenvalue weighted by Gasteiger charge is -2.19. The standard InChI is InChI=1S/C8H12N2O2S/c9-5-6-13(11,12)10-7-1-2-8(10)4-3-7/h7-8H,1-4,6H2. The Bertz CT molecular complexity index is 324. The molecule has 0 amide bonds. The van der Waals surface area contributed by atoms with E-state index in [2.05, 4.69) is 0 Å². The first-order valence-corrected chi connectivity index (χ1v) is 6.14. The number of hydrogen-bond donors (Lipinski definition) is 0. The average Bonchev–Trinajstić information content (AvgIpc) is 2.61. The molecule has 13 heavy (non-hydrogen) atoms. The molecule has 4 nitrogen and oxygen atoms in total. The molecule has 2 rings (SSSR count). The molecule has 0 aromatic rings. The van der Waals surface area contributed by atoms with Crippen LogP contribution >= 0.6 is 0 Å². The van der Waals surface area contributed by atoms with Crippen molar-refractivity contribution in [3.05, 3.63) is 0 Å². The van der Waals surface area contributed by atoms with Gasteiger partial charge in [0, 0.05) is 12.1 Å². The van der Waals surface area contributed by atoms with E-state index in [-0.39, 0.29) is 17.8 Å². The number of nitrogens with zero attached hydrogens (tertiary/aromatic N) is 2. The molecule has 5 heteroatoms. The van der Waals surface area contributed by atoms with Gasteiger partial charge in [0.05, 0.1) is 6.07 Å². The number of hydrogen-bond acceptors (Lipinski definition) is 3. The molecule has 0 radical (unpaired) electrons. The van der Waals surface area contributed by atoms with E-state index in [0.29, 0.717) is 0 Å². The highest BCUT2D eigenvalue weighted by molar-refractivity contribution is 7.89. The summed E-state index contributed by atoms with van der Waals surface area (Å²) in [5.74, 6) is -0.361. The SMILES string of the molecule is N#CCS(=O)(=O)N1C2CCC1CC2. The second-order valence-electron chi connectivity index (χ2n) is 3.71. The Morgan fingerprint density at radius 1 is 1.23 bits per heavy atom. The Kier molecular flexibility index (Phi) is 2.05. The van der Waals surface area contributed by atoms with Gasteiger partial charge in [-0.05, 0) is 25.7 Å². The molecule has 0 N–H and O–H groups in total. The summed E-state index contributed by atoms with van der Waals surface area (Å²) in [7, 11) is -3.27. The molecule has 2 bridgehead atoms. The van der Waals surface area contributed by atoms with Gasteiger partial charge in [-0.1, -0.05) is 0 Å². The minimum absolute atomic E-state index is 0.198. The van der Waals surface area contributed by atoms with E-state index in [9.17, 15) is 8.42 Å². The first-order valence-electron chi connectivity index (χ1n) is 4.53. The molecule has 72 valence electrons. The van der Waals surface area contributed by atoms with Crippen LogP contribution in [0.15, 0.2) is 0 Å². The maximum atomic E-state index is 11.6. The van der Waals surface area contributed by atoms with Crippen molar-refractivity contribution >= 4 is 10.0 Å². The van der Waals surface area contributed by atoms with E-state index in [4.69, 9.17) is 5.26 Å². The lowest BCUT2D eigenvalue weighted by Crippen LogP contribution is -2.36. The van der Waals surface area contributed by atoms with Gasteiger partial charge >= 0.3 is 0 Å². The Morgan fingerprint density at radius 2 is 1.69 bits per heavy atom. The minimum atomic E-state index is -3.27. The molecule has 0 atom stereocenters. The van der Waals surface area contributed by atoms with Gasteiger partial charge in [0.2, 0.25) is 10.0 Å². The van der Waals surface area contributed by atoms with Crippen molar-refractivity contribution in [1.29, 1.82) is 5.26 Å². The molecular weight excluding hydrogens is 188 g/mol. The highest BCUT2D eigenvalue weighted by atomic mass is 32.2. The van der Waals surface area contributed by atoms with Gasteiger partial charge in [-0.2, -0.15) is 9.57 Å². The Balaban J connectivity index is 2.23. The van der Waals surface area contributed by atoms with Crippen LogP contribution in [0.5, 0.6) is 0 Å². The fourth-order valence-electron chi connectivity index (χ4n) is 2.48. The summed E-state index contributed by atoms with van der Waals surface area (Å²) in [5.41, 5.74) is 0. The summed E-state index contributed by atoms with van der Waals surface area (Å²) in [6.45, 7) is 0. The molecule has 2 saturated heterocycles. The molecule has 2 fully saturated rings. The van der Waals surface area contributed by atoms with Crippen molar-refractivity contribution in [3.63, 3.8) is 0 Å². The Morgan fingerprint density at radius 3 is 2.08 bits per heavy atom. The molecule has 0 saturated carbocycles. The molecule has 0 aliphatic carbocycles. The molecule has 2 aliphatic heterocycles. The first kappa shape index (κ1) is 8.97. The molecule has 0 spiro atoms. The summed E-state index contributed by atoms with van der Waals surface area (Å²) in [5, 5.41) is 8.40. The van der Waals surface area contributed by atoms with Crippen LogP contribution in [-0.4, -0.2) is 30.6 Å². The predicted molar refractivity (Wildman–Crippen MR) is 47.3 cm³/mol. The first-order chi connectivity index (χ1) is 6.15. The van der Waals surface area contributed by atoms with Crippen molar-refractivity contribution in [1.82, 2.24) is 4.31 Å². The Hall–Kier alpha value is -0.600. The van der Waals surface area contributed by atoms with Crippen molar-refractivity contribution < 1.29 is 8.42 Å². The maximum absolute atomic E-state index is 11.6. The fraction of sp³-hybridized carbons (Fsp3) is 0.875. The van der Waals surface area contributed by atoms with E-state index >= 15 is 0 Å². The molecule has 0 aromatic heterocycles. The largest absolute Gasteiger partial charge is 0.228 e. The van der Waals surface area contributed by atoms with Gasteiger partial charge in [0.1, 0.15) is 0 Å². The normalized spacial score (nSPS) is 33.5. The average molecular weight is 200 g/mol. The number of rotatable bonds is 2. The van der Waals surface area contributed by atoms with Crippen LogP contribution in [0.3, 0.4) is 0 Å². The van der Waals surface area contributed by atoms with Crippen molar-refractivity contribution in [2.24, 2.45) is 0 Å². The summed E-state index contributed by atoms with van der Waals surface area (Å²) < 4.78 is 24.8. The zero-order valence-corrected chi connectivity index (χ0v) is 8.13. The Labute approximate surface area is 78.2 Å². The molecular formula is C8H12N2O2S. The lowest BCUT2D eigenvalue weighted by atomic mass is 10.0. The maximum Gasteiger partial charge on any atom is 0.228 e. The van der Waals surface area contributed by atoms with Crippen LogP contribution in [0.25, 0.3) is 0 Å². The lowest BCUT2D eigenvalue weighted by molar-refractivity contribution is 0.398. The van der Waals surface area contributed by atoms with Crippen LogP contribution in [0.2, 0.25) is 0 Å². The zero-order valence-electron chi connectivity index (χ0n) is 7.31. The topological polar surface area (TPSA) is 61.2 Å².